The zero-order valence-electron chi connectivity index (χ0n) is 12.5. The fourth-order valence-electron chi connectivity index (χ4n) is 1.87. The molecule has 0 saturated heterocycles. The van der Waals surface area contributed by atoms with Crippen LogP contribution in [0.3, 0.4) is 0 Å². The molecule has 0 unspecified atom stereocenters. The molecule has 0 aliphatic rings. The van der Waals surface area contributed by atoms with Gasteiger partial charge in [0, 0.05) is 24.8 Å². The minimum absolute atomic E-state index is 0.0265. The number of rotatable bonds is 4. The van der Waals surface area contributed by atoms with Crippen LogP contribution in [0.1, 0.15) is 7.06 Å². The van der Waals surface area contributed by atoms with E-state index in [9.17, 15) is 18.0 Å². The maximum absolute atomic E-state index is 13.1. The lowest BCUT2D eigenvalue weighted by Crippen LogP contribution is -2.25. The fraction of sp³-hybridized carbons (Fsp3) is 0.273. The lowest BCUT2D eigenvalue weighted by molar-refractivity contribution is -0.205. The van der Waals surface area contributed by atoms with Crippen LogP contribution in [0, 0.1) is 0 Å². The Hall–Kier alpha value is -2.63. The number of ether oxygens (including phenoxy) is 1. The summed E-state index contributed by atoms with van der Waals surface area (Å²) in [6.45, 7) is -0.516. The number of alkyl halides is 3. The summed E-state index contributed by atoms with van der Waals surface area (Å²) in [7, 11) is 1.33. The van der Waals surface area contributed by atoms with Gasteiger partial charge in [0.1, 0.15) is 6.61 Å². The zero-order chi connectivity index (χ0) is 17.5. The van der Waals surface area contributed by atoms with Gasteiger partial charge in [-0.15, -0.1) is 13.2 Å². The van der Waals surface area contributed by atoms with Crippen molar-refractivity contribution in [2.45, 2.75) is 12.9 Å². The van der Waals surface area contributed by atoms with Gasteiger partial charge >= 0.3 is 12.0 Å². The highest BCUT2D eigenvalue weighted by molar-refractivity contribution is 7.11. The Morgan fingerprint density at radius 1 is 1.43 bits per heavy atom. The molecule has 0 aliphatic carbocycles. The molecule has 0 bridgehead atoms. The Balaban J connectivity index is 2.02. The van der Waals surface area contributed by atoms with Crippen LogP contribution in [0.5, 0.6) is 5.19 Å². The highest BCUT2D eigenvalue weighted by Gasteiger charge is 2.34. The molecule has 0 aliphatic heterocycles. The van der Waals surface area contributed by atoms with Crippen LogP contribution < -0.4 is 10.4 Å². The van der Waals surface area contributed by atoms with Crippen LogP contribution in [0.15, 0.2) is 28.6 Å². The van der Waals surface area contributed by atoms with Crippen molar-refractivity contribution in [2.24, 2.45) is 7.05 Å². The van der Waals surface area contributed by atoms with E-state index in [-0.39, 0.29) is 27.3 Å². The van der Waals surface area contributed by atoms with Crippen LogP contribution in [0.4, 0.5) is 13.2 Å². The number of halogens is 3. The van der Waals surface area contributed by atoms with E-state index < -0.39 is 18.6 Å². The molecule has 12 heteroatoms. The number of aryl methyl sites for hydroxylation is 1. The quantitative estimate of drug-likeness (QED) is 0.710. The number of thiazole rings is 1. The van der Waals surface area contributed by atoms with Gasteiger partial charge in [-0.2, -0.15) is 9.36 Å². The molecular formula is C11H9F3N6O2S. The lowest BCUT2D eigenvalue weighted by Gasteiger charge is -2.13. The fourth-order valence-corrected chi connectivity index (χ4v) is 2.31. The van der Waals surface area contributed by atoms with E-state index >= 15 is 0 Å². The van der Waals surface area contributed by atoms with Crippen molar-refractivity contribution in [3.8, 4) is 10.9 Å². The average molecular weight is 348 g/mol. The molecule has 0 aromatic carbocycles. The Morgan fingerprint density at radius 3 is 2.78 bits per heavy atom. The topological polar surface area (TPSA) is 79.8 Å². The van der Waals surface area contributed by atoms with Gasteiger partial charge in [0.2, 0.25) is 0 Å². The summed E-state index contributed by atoms with van der Waals surface area (Å²) in [6, 6.07) is 1.10. The summed E-state index contributed by atoms with van der Waals surface area (Å²) in [5.74, 6) is 0. The standard InChI is InChI=1S/C11H9F3N6O2S/c1-18-10(21)20(17-16-18)7-2-4-19(11(12,13)14)8(7)6-22-9-15-3-5-23-9/h2-5H,6H2,1H3/i3T. The Morgan fingerprint density at radius 2 is 2.22 bits per heavy atom. The molecule has 3 rings (SSSR count). The monoisotopic (exact) mass is 348 g/mol. The first-order valence-corrected chi connectivity index (χ1v) is 6.97. The molecule has 0 radical (unpaired) electrons. The molecule has 122 valence electrons. The van der Waals surface area contributed by atoms with Crippen molar-refractivity contribution < 1.29 is 19.3 Å². The van der Waals surface area contributed by atoms with Gasteiger partial charge in [-0.25, -0.2) is 9.78 Å². The summed E-state index contributed by atoms with van der Waals surface area (Å²) in [6.07, 6.45) is -3.98. The summed E-state index contributed by atoms with van der Waals surface area (Å²) < 4.78 is 53.6. The predicted octanol–water partition coefficient (Wildman–Crippen LogP) is 1.28. The van der Waals surface area contributed by atoms with Crippen LogP contribution >= 0.6 is 11.3 Å². The molecule has 0 saturated carbocycles. The number of hydrogen-bond acceptors (Lipinski definition) is 6. The molecular weight excluding hydrogens is 337 g/mol. The highest BCUT2D eigenvalue weighted by atomic mass is 32.1. The first kappa shape index (κ1) is 14.0. The second-order valence-corrected chi connectivity index (χ2v) is 5.13. The third-order valence-electron chi connectivity index (χ3n) is 2.89. The lowest BCUT2D eigenvalue weighted by atomic mass is 10.4. The normalized spacial score (nSPS) is 12.4. The van der Waals surface area contributed by atoms with Crippen LogP contribution in [0.25, 0.3) is 5.69 Å². The van der Waals surface area contributed by atoms with Crippen molar-refractivity contribution in [1.82, 2.24) is 29.3 Å². The summed E-state index contributed by atoms with van der Waals surface area (Å²) >= 11 is 0.982. The Labute approximate surface area is 131 Å². The molecule has 3 aromatic heterocycles. The molecule has 3 heterocycles. The number of hydrogen-bond donors (Lipinski definition) is 0. The van der Waals surface area contributed by atoms with Gasteiger partial charge < -0.3 is 4.74 Å². The number of nitrogens with zero attached hydrogens (tertiary/aromatic N) is 6. The van der Waals surface area contributed by atoms with Crippen molar-refractivity contribution >= 4 is 11.3 Å². The van der Waals surface area contributed by atoms with E-state index in [0.29, 0.717) is 0 Å². The summed E-state index contributed by atoms with van der Waals surface area (Å²) in [4.78, 5) is 15.6. The molecule has 23 heavy (non-hydrogen) atoms. The summed E-state index contributed by atoms with van der Waals surface area (Å²) in [5.41, 5.74) is -1.14. The molecule has 3 aromatic rings. The van der Waals surface area contributed by atoms with Gasteiger partial charge in [-0.05, 0) is 16.5 Å². The maximum atomic E-state index is 13.1. The molecule has 0 amide bonds. The smallest absolute Gasteiger partial charge is 0.464 e. The van der Waals surface area contributed by atoms with E-state index in [4.69, 9.17) is 6.11 Å². The Bertz CT molecular complexity index is 927. The van der Waals surface area contributed by atoms with E-state index in [1.165, 1.54) is 12.4 Å². The van der Waals surface area contributed by atoms with Gasteiger partial charge in [0.25, 0.3) is 5.19 Å². The van der Waals surface area contributed by atoms with Gasteiger partial charge in [-0.1, -0.05) is 11.3 Å². The average Bonchev–Trinajstić information content (AvgIpc) is 3.17. The van der Waals surface area contributed by atoms with Crippen molar-refractivity contribution in [3.05, 3.63) is 40.0 Å². The van der Waals surface area contributed by atoms with Crippen LogP contribution in [0.2, 0.25) is 0 Å². The number of tetrazole rings is 1. The third-order valence-corrected chi connectivity index (χ3v) is 3.53. The maximum Gasteiger partial charge on any atom is 0.488 e. The van der Waals surface area contributed by atoms with E-state index in [0.717, 1.165) is 33.0 Å². The second kappa shape index (κ2) is 5.53. The minimum Gasteiger partial charge on any atom is -0.464 e. The van der Waals surface area contributed by atoms with E-state index in [2.05, 4.69) is 15.4 Å². The third kappa shape index (κ3) is 2.84. The van der Waals surface area contributed by atoms with Crippen LogP contribution in [-0.4, -0.2) is 29.3 Å². The highest BCUT2D eigenvalue weighted by Crippen LogP contribution is 2.29. The van der Waals surface area contributed by atoms with Crippen molar-refractivity contribution in [1.29, 1.82) is 0 Å². The van der Waals surface area contributed by atoms with Gasteiger partial charge in [-0.3, -0.25) is 4.57 Å². The van der Waals surface area contributed by atoms with Gasteiger partial charge in [0.05, 0.1) is 12.8 Å². The molecule has 8 nitrogen and oxygen atoms in total. The summed E-state index contributed by atoms with van der Waals surface area (Å²) in [5, 5.41) is 8.45. The van der Waals surface area contributed by atoms with Crippen molar-refractivity contribution in [2.75, 3.05) is 0 Å². The molecule has 0 fully saturated rings. The SMILES string of the molecule is [3H]c1csc(OCc2c(-n3nnn(C)c3=O)ccn2C(F)(F)F)n1. The predicted molar refractivity (Wildman–Crippen MR) is 72.3 cm³/mol. The largest absolute Gasteiger partial charge is 0.488 e. The van der Waals surface area contributed by atoms with E-state index in [1.807, 2.05) is 0 Å². The first-order valence-electron chi connectivity index (χ1n) is 6.59. The van der Waals surface area contributed by atoms with Gasteiger partial charge in [0.15, 0.2) is 0 Å². The molecule has 0 spiro atoms. The van der Waals surface area contributed by atoms with E-state index in [1.54, 1.807) is 0 Å². The molecule has 0 atom stereocenters. The second-order valence-electron chi connectivity index (χ2n) is 4.31. The Kier molecular flexibility index (Phi) is 3.37. The number of aromatic nitrogens is 6. The minimum atomic E-state index is -4.70. The van der Waals surface area contributed by atoms with Crippen molar-refractivity contribution in [3.63, 3.8) is 0 Å². The zero-order valence-corrected chi connectivity index (χ0v) is 12.3. The van der Waals surface area contributed by atoms with Crippen LogP contribution in [-0.2, 0) is 20.0 Å². The molecule has 0 N–H and O–H groups in total. The first-order chi connectivity index (χ1) is 11.3.